The minimum absolute atomic E-state index is 0.0288. The fourth-order valence-corrected chi connectivity index (χ4v) is 3.54. The van der Waals surface area contributed by atoms with E-state index in [0.717, 1.165) is 41.9 Å². The van der Waals surface area contributed by atoms with Gasteiger partial charge in [-0.25, -0.2) is 4.98 Å². The second kappa shape index (κ2) is 6.24. The second-order valence-electron chi connectivity index (χ2n) is 6.52. The summed E-state index contributed by atoms with van der Waals surface area (Å²) in [7, 11) is 1.67. The Kier molecular flexibility index (Phi) is 3.92. The number of nitrogens with one attached hydrogen (secondary N) is 1. The lowest BCUT2D eigenvalue weighted by atomic mass is 9.90. The Labute approximate surface area is 146 Å². The maximum Gasteiger partial charge on any atom is 0.258 e. The Morgan fingerprint density at radius 2 is 2.20 bits per heavy atom. The quantitative estimate of drug-likeness (QED) is 0.792. The van der Waals surface area contributed by atoms with Crippen LogP contribution in [0.5, 0.6) is 5.75 Å². The number of ether oxygens (including phenoxy) is 1. The summed E-state index contributed by atoms with van der Waals surface area (Å²) < 4.78 is 5.35. The van der Waals surface area contributed by atoms with Crippen molar-refractivity contribution < 1.29 is 9.53 Å². The van der Waals surface area contributed by atoms with Crippen molar-refractivity contribution in [3.8, 4) is 5.75 Å². The average Bonchev–Trinajstić information content (AvgIpc) is 3.13. The number of nitrogens with zero attached hydrogens (tertiary/aromatic N) is 2. The van der Waals surface area contributed by atoms with Crippen molar-refractivity contribution in [1.29, 1.82) is 0 Å². The Hall–Kier alpha value is -2.82. The van der Waals surface area contributed by atoms with Gasteiger partial charge in [0.1, 0.15) is 5.75 Å². The summed E-state index contributed by atoms with van der Waals surface area (Å²) in [6.45, 7) is 2.92. The lowest BCUT2D eigenvalue weighted by molar-refractivity contribution is 0.0980. The van der Waals surface area contributed by atoms with Crippen LogP contribution in [-0.2, 0) is 6.42 Å². The zero-order chi connectivity index (χ0) is 17.4. The van der Waals surface area contributed by atoms with Gasteiger partial charge in [0.15, 0.2) is 0 Å². The maximum atomic E-state index is 13.2. The van der Waals surface area contributed by atoms with Crippen LogP contribution in [0.2, 0.25) is 0 Å². The largest absolute Gasteiger partial charge is 0.497 e. The van der Waals surface area contributed by atoms with Gasteiger partial charge in [-0.3, -0.25) is 4.79 Å². The first-order valence-electron chi connectivity index (χ1n) is 8.61. The predicted molar refractivity (Wildman–Crippen MR) is 98.2 cm³/mol. The van der Waals surface area contributed by atoms with Crippen molar-refractivity contribution in [2.75, 3.05) is 18.6 Å². The molecule has 5 nitrogen and oxygen atoms in total. The number of anilines is 1. The van der Waals surface area contributed by atoms with Crippen LogP contribution in [0.4, 0.5) is 5.69 Å². The number of amides is 1. The van der Waals surface area contributed by atoms with Gasteiger partial charge in [0.2, 0.25) is 0 Å². The third kappa shape index (κ3) is 2.76. The topological polar surface area (TPSA) is 58.2 Å². The number of aromatic amines is 1. The molecule has 1 N–H and O–H groups in total. The minimum Gasteiger partial charge on any atom is -0.497 e. The van der Waals surface area contributed by atoms with E-state index in [0.29, 0.717) is 11.5 Å². The molecule has 5 heteroatoms. The summed E-state index contributed by atoms with van der Waals surface area (Å²) in [5, 5.41) is 0. The molecule has 1 atom stereocenters. The molecule has 0 saturated carbocycles. The van der Waals surface area contributed by atoms with Crippen molar-refractivity contribution in [2.24, 2.45) is 5.92 Å². The number of fused-ring (bicyclic) bond motifs is 2. The number of H-pyrrole nitrogens is 1. The number of rotatable bonds is 3. The summed E-state index contributed by atoms with van der Waals surface area (Å²) in [5.74, 6) is 1.32. The maximum absolute atomic E-state index is 13.2. The minimum atomic E-state index is 0.0288. The van der Waals surface area contributed by atoms with Gasteiger partial charge in [-0.15, -0.1) is 0 Å². The Morgan fingerprint density at radius 1 is 1.32 bits per heavy atom. The number of carbonyl (C=O) groups is 1. The molecule has 2 aromatic carbocycles. The van der Waals surface area contributed by atoms with E-state index in [9.17, 15) is 4.79 Å². The van der Waals surface area contributed by atoms with E-state index < -0.39 is 0 Å². The highest BCUT2D eigenvalue weighted by Gasteiger charge is 2.28. The molecule has 1 amide bonds. The molecule has 1 aliphatic rings. The first kappa shape index (κ1) is 15.7. The lowest BCUT2D eigenvalue weighted by Gasteiger charge is -2.34. The molecule has 0 saturated heterocycles. The van der Waals surface area contributed by atoms with Crippen LogP contribution in [0.15, 0.2) is 42.7 Å². The number of aromatic nitrogens is 2. The van der Waals surface area contributed by atoms with E-state index in [4.69, 9.17) is 4.74 Å². The van der Waals surface area contributed by atoms with Gasteiger partial charge in [-0.2, -0.15) is 0 Å². The van der Waals surface area contributed by atoms with E-state index in [1.165, 1.54) is 5.56 Å². The summed E-state index contributed by atoms with van der Waals surface area (Å²) >= 11 is 0. The Morgan fingerprint density at radius 3 is 3.00 bits per heavy atom. The molecule has 1 aliphatic heterocycles. The van der Waals surface area contributed by atoms with E-state index in [2.05, 4.69) is 23.0 Å². The van der Waals surface area contributed by atoms with Gasteiger partial charge in [0.05, 0.1) is 24.5 Å². The smallest absolute Gasteiger partial charge is 0.258 e. The molecule has 0 bridgehead atoms. The van der Waals surface area contributed by atoms with Crippen molar-refractivity contribution in [1.82, 2.24) is 9.97 Å². The molecule has 2 heterocycles. The number of carbonyl (C=O) groups excluding carboxylic acids is 1. The third-order valence-electron chi connectivity index (χ3n) is 5.02. The first-order valence-corrected chi connectivity index (χ1v) is 8.61. The normalized spacial score (nSPS) is 16.7. The van der Waals surface area contributed by atoms with Crippen molar-refractivity contribution in [2.45, 2.75) is 19.8 Å². The van der Waals surface area contributed by atoms with Gasteiger partial charge in [-0.1, -0.05) is 13.3 Å². The number of methoxy groups -OCH3 is 1. The van der Waals surface area contributed by atoms with Crippen molar-refractivity contribution in [3.63, 3.8) is 0 Å². The molecule has 128 valence electrons. The highest BCUT2D eigenvalue weighted by atomic mass is 16.5. The molecular weight excluding hydrogens is 314 g/mol. The Bertz CT molecular complexity index is 932. The van der Waals surface area contributed by atoms with Crippen LogP contribution in [0.25, 0.3) is 11.0 Å². The van der Waals surface area contributed by atoms with Gasteiger partial charge in [-0.05, 0) is 54.3 Å². The summed E-state index contributed by atoms with van der Waals surface area (Å²) in [4.78, 5) is 22.4. The van der Waals surface area contributed by atoms with E-state index in [1.54, 1.807) is 13.4 Å². The predicted octanol–water partition coefficient (Wildman–Crippen LogP) is 3.80. The molecule has 1 aromatic heterocycles. The zero-order valence-corrected chi connectivity index (χ0v) is 14.5. The number of benzene rings is 2. The van der Waals surface area contributed by atoms with Gasteiger partial charge in [0.25, 0.3) is 5.91 Å². The summed E-state index contributed by atoms with van der Waals surface area (Å²) in [6, 6.07) is 11.6. The fourth-order valence-electron chi connectivity index (χ4n) is 3.54. The summed E-state index contributed by atoms with van der Waals surface area (Å²) in [6.07, 6.45) is 3.67. The van der Waals surface area contributed by atoms with Crippen LogP contribution in [0, 0.1) is 5.92 Å². The molecule has 0 spiro atoms. The van der Waals surface area contributed by atoms with E-state index >= 15 is 0 Å². The zero-order valence-electron chi connectivity index (χ0n) is 14.5. The standard InChI is InChI=1S/C20H21N3O2/c1-3-13-8-15-9-16(25-2)5-7-19(15)23(11-13)20(24)14-4-6-17-18(10-14)22-12-21-17/h4-7,9-10,12-13H,3,8,11H2,1-2H3,(H,21,22). The molecule has 0 radical (unpaired) electrons. The van der Waals surface area contributed by atoms with Crippen molar-refractivity contribution in [3.05, 3.63) is 53.9 Å². The van der Waals surface area contributed by atoms with Gasteiger partial charge in [0, 0.05) is 17.8 Å². The third-order valence-corrected chi connectivity index (χ3v) is 5.02. The monoisotopic (exact) mass is 335 g/mol. The lowest BCUT2D eigenvalue weighted by Crippen LogP contribution is -2.39. The highest BCUT2D eigenvalue weighted by Crippen LogP contribution is 2.34. The molecule has 25 heavy (non-hydrogen) atoms. The van der Waals surface area contributed by atoms with Crippen LogP contribution in [0.1, 0.15) is 29.3 Å². The highest BCUT2D eigenvalue weighted by molar-refractivity contribution is 6.08. The number of imidazole rings is 1. The first-order chi connectivity index (χ1) is 12.2. The second-order valence-corrected chi connectivity index (χ2v) is 6.52. The Balaban J connectivity index is 1.74. The number of hydrogen-bond acceptors (Lipinski definition) is 3. The van der Waals surface area contributed by atoms with Crippen LogP contribution < -0.4 is 9.64 Å². The molecule has 3 aromatic rings. The fraction of sp³-hybridized carbons (Fsp3) is 0.300. The van der Waals surface area contributed by atoms with Gasteiger partial charge >= 0.3 is 0 Å². The SMILES string of the molecule is CCC1Cc2cc(OC)ccc2N(C(=O)c2ccc3nc[nH]c3c2)C1. The van der Waals surface area contributed by atoms with E-state index in [-0.39, 0.29) is 5.91 Å². The molecular formula is C20H21N3O2. The molecule has 1 unspecified atom stereocenters. The van der Waals surface area contributed by atoms with Crippen LogP contribution >= 0.6 is 0 Å². The molecule has 4 rings (SSSR count). The van der Waals surface area contributed by atoms with Gasteiger partial charge < -0.3 is 14.6 Å². The summed E-state index contributed by atoms with van der Waals surface area (Å²) in [5.41, 5.74) is 4.58. The molecule has 0 aliphatic carbocycles. The van der Waals surface area contributed by atoms with Crippen molar-refractivity contribution >= 4 is 22.6 Å². The van der Waals surface area contributed by atoms with E-state index in [1.807, 2.05) is 35.2 Å². The van der Waals surface area contributed by atoms with Crippen LogP contribution in [-0.4, -0.2) is 29.5 Å². The molecule has 0 fully saturated rings. The number of hydrogen-bond donors (Lipinski definition) is 1. The van der Waals surface area contributed by atoms with Crippen LogP contribution in [0.3, 0.4) is 0 Å². The average molecular weight is 335 g/mol.